The van der Waals surface area contributed by atoms with Crippen molar-refractivity contribution in [1.29, 1.82) is 0 Å². The highest BCUT2D eigenvalue weighted by molar-refractivity contribution is 5.98. The molecule has 0 saturated heterocycles. The average Bonchev–Trinajstić information content (AvgIpc) is 3.61. The molecule has 1 N–H and O–H groups in total. The fourth-order valence-electron chi connectivity index (χ4n) is 4.68. The third-order valence-corrected chi connectivity index (χ3v) is 6.30. The van der Waals surface area contributed by atoms with Crippen molar-refractivity contribution in [3.63, 3.8) is 0 Å². The van der Waals surface area contributed by atoms with E-state index in [-0.39, 0.29) is 6.79 Å². The fourth-order valence-corrected chi connectivity index (χ4v) is 4.68. The molecule has 1 aliphatic heterocycles. The molecule has 7 heteroatoms. The molecule has 36 heavy (non-hydrogen) atoms. The first-order chi connectivity index (χ1) is 17.7. The first-order valence-electron chi connectivity index (χ1n) is 12.0. The van der Waals surface area contributed by atoms with Crippen LogP contribution < -0.4 is 9.47 Å². The van der Waals surface area contributed by atoms with Crippen molar-refractivity contribution in [2.24, 2.45) is 0 Å². The van der Waals surface area contributed by atoms with Crippen LogP contribution in [-0.2, 0) is 17.7 Å². The molecule has 0 unspecified atom stereocenters. The zero-order valence-electron chi connectivity index (χ0n) is 19.9. The van der Waals surface area contributed by atoms with Crippen LogP contribution in [0.25, 0.3) is 22.2 Å². The van der Waals surface area contributed by atoms with Crippen LogP contribution in [0.1, 0.15) is 34.2 Å². The number of H-pyrrole nitrogens is 1. The Labute approximate surface area is 208 Å². The van der Waals surface area contributed by atoms with E-state index in [0.29, 0.717) is 25.3 Å². The molecular formula is C29H25N3O4. The third-order valence-electron chi connectivity index (χ3n) is 6.30. The first kappa shape index (κ1) is 22.0. The van der Waals surface area contributed by atoms with Crippen molar-refractivity contribution < 1.29 is 19.0 Å². The van der Waals surface area contributed by atoms with E-state index in [2.05, 4.69) is 34.3 Å². The van der Waals surface area contributed by atoms with Gasteiger partial charge in [-0.15, -0.1) is 0 Å². The van der Waals surface area contributed by atoms with E-state index < -0.39 is 5.97 Å². The summed E-state index contributed by atoms with van der Waals surface area (Å²) in [4.78, 5) is 16.3. The van der Waals surface area contributed by atoms with Gasteiger partial charge >= 0.3 is 5.97 Å². The molecule has 0 bridgehead atoms. The Kier molecular flexibility index (Phi) is 5.65. The molecule has 3 heterocycles. The van der Waals surface area contributed by atoms with E-state index in [0.717, 1.165) is 50.5 Å². The number of aromatic amines is 1. The molecule has 180 valence electrons. The minimum absolute atomic E-state index is 0.242. The number of carbonyl (C=O) groups excluding carboxylic acids is 1. The number of nitrogens with zero attached hydrogens (tertiary/aromatic N) is 2. The Balaban J connectivity index is 1.49. The minimum Gasteiger partial charge on any atom is -0.461 e. The highest BCUT2D eigenvalue weighted by Crippen LogP contribution is 2.37. The zero-order chi connectivity index (χ0) is 24.5. The van der Waals surface area contributed by atoms with Gasteiger partial charge in [-0.25, -0.2) is 4.79 Å². The van der Waals surface area contributed by atoms with E-state index in [1.165, 1.54) is 0 Å². The lowest BCUT2D eigenvalue weighted by atomic mass is 10.0. The zero-order valence-corrected chi connectivity index (χ0v) is 19.9. The standard InChI is InChI=1S/C29H25N3O4/c1-2-34-29(33)24-16-25(32(31-24)17-19-8-4-3-5-9-19)28-21-10-6-7-11-22(21)30-23(28)14-20-12-13-26-27(15-20)36-18-35-26/h3-13,15-16,30H,2,14,17-18H2,1H3. The summed E-state index contributed by atoms with van der Waals surface area (Å²) in [5, 5.41) is 5.74. The second kappa shape index (κ2) is 9.26. The minimum atomic E-state index is -0.428. The number of nitrogens with one attached hydrogen (secondary N) is 1. The molecule has 0 radical (unpaired) electrons. The molecule has 0 amide bonds. The van der Waals surface area contributed by atoms with Crippen molar-refractivity contribution in [2.75, 3.05) is 13.4 Å². The van der Waals surface area contributed by atoms with Crippen LogP contribution in [0, 0.1) is 0 Å². The monoisotopic (exact) mass is 479 g/mol. The predicted molar refractivity (Wildman–Crippen MR) is 136 cm³/mol. The number of hydrogen-bond acceptors (Lipinski definition) is 5. The number of hydrogen-bond donors (Lipinski definition) is 1. The van der Waals surface area contributed by atoms with E-state index >= 15 is 0 Å². The molecule has 5 aromatic rings. The van der Waals surface area contributed by atoms with Gasteiger partial charge in [-0.05, 0) is 42.3 Å². The molecule has 1 aliphatic rings. The number of esters is 1. The summed E-state index contributed by atoms with van der Waals surface area (Å²) >= 11 is 0. The van der Waals surface area contributed by atoms with Crippen molar-refractivity contribution >= 4 is 16.9 Å². The van der Waals surface area contributed by atoms with E-state index in [9.17, 15) is 4.79 Å². The molecule has 0 fully saturated rings. The summed E-state index contributed by atoms with van der Waals surface area (Å²) in [6.07, 6.45) is 0.645. The molecule has 0 spiro atoms. The normalized spacial score (nSPS) is 12.2. The lowest BCUT2D eigenvalue weighted by Gasteiger charge is -2.10. The molecule has 0 atom stereocenters. The summed E-state index contributed by atoms with van der Waals surface area (Å²) < 4.78 is 18.2. The van der Waals surface area contributed by atoms with Gasteiger partial charge in [0.2, 0.25) is 6.79 Å². The maximum Gasteiger partial charge on any atom is 0.358 e. The number of carbonyl (C=O) groups is 1. The van der Waals surface area contributed by atoms with Gasteiger partial charge in [0.05, 0.1) is 18.8 Å². The SMILES string of the molecule is CCOC(=O)c1cc(-c2c(Cc3ccc4c(c3)OCO4)[nH]c3ccccc23)n(Cc2ccccc2)n1. The lowest BCUT2D eigenvalue weighted by molar-refractivity contribution is 0.0518. The van der Waals surface area contributed by atoms with Gasteiger partial charge in [-0.3, -0.25) is 4.68 Å². The average molecular weight is 480 g/mol. The number of benzene rings is 3. The molecule has 3 aromatic carbocycles. The molecule has 2 aromatic heterocycles. The van der Waals surface area contributed by atoms with Gasteiger partial charge < -0.3 is 19.2 Å². The second-order valence-electron chi connectivity index (χ2n) is 8.67. The van der Waals surface area contributed by atoms with Crippen LogP contribution in [0.3, 0.4) is 0 Å². The van der Waals surface area contributed by atoms with Crippen LogP contribution in [0.5, 0.6) is 11.5 Å². The van der Waals surface area contributed by atoms with Crippen molar-refractivity contribution in [1.82, 2.24) is 14.8 Å². The third kappa shape index (κ3) is 4.09. The first-order valence-corrected chi connectivity index (χ1v) is 12.0. The van der Waals surface area contributed by atoms with E-state index in [1.54, 1.807) is 6.92 Å². The highest BCUT2D eigenvalue weighted by Gasteiger charge is 2.23. The molecular weight excluding hydrogens is 454 g/mol. The van der Waals surface area contributed by atoms with Crippen molar-refractivity contribution in [3.05, 3.63) is 101 Å². The van der Waals surface area contributed by atoms with E-state index in [4.69, 9.17) is 14.2 Å². The Hall–Kier alpha value is -4.52. The van der Waals surface area contributed by atoms with Crippen molar-refractivity contribution in [2.45, 2.75) is 19.9 Å². The van der Waals surface area contributed by atoms with E-state index in [1.807, 2.05) is 59.3 Å². The number of para-hydroxylation sites is 1. The topological polar surface area (TPSA) is 78.4 Å². The predicted octanol–water partition coefficient (Wildman–Crippen LogP) is 5.58. The van der Waals surface area contributed by atoms with Gasteiger partial charge in [0.1, 0.15) is 0 Å². The number of fused-ring (bicyclic) bond motifs is 2. The molecule has 0 aliphatic carbocycles. The van der Waals surface area contributed by atoms with Crippen LogP contribution in [0.15, 0.2) is 78.9 Å². The summed E-state index contributed by atoms with van der Waals surface area (Å²) in [5.74, 6) is 1.09. The summed E-state index contributed by atoms with van der Waals surface area (Å²) in [6.45, 7) is 2.86. The van der Waals surface area contributed by atoms with Gasteiger partial charge in [0.25, 0.3) is 0 Å². The number of aromatic nitrogens is 3. The Bertz CT molecular complexity index is 1550. The van der Waals surface area contributed by atoms with Crippen LogP contribution in [0.2, 0.25) is 0 Å². The molecule has 6 rings (SSSR count). The smallest absolute Gasteiger partial charge is 0.358 e. The maximum absolute atomic E-state index is 12.6. The lowest BCUT2D eigenvalue weighted by Crippen LogP contribution is -2.08. The summed E-state index contributed by atoms with van der Waals surface area (Å²) in [5.41, 5.74) is 6.40. The van der Waals surface area contributed by atoms with Crippen LogP contribution in [0.4, 0.5) is 0 Å². The van der Waals surface area contributed by atoms with Gasteiger partial charge in [0, 0.05) is 28.6 Å². The van der Waals surface area contributed by atoms with Crippen molar-refractivity contribution in [3.8, 4) is 22.8 Å². The quantitative estimate of drug-likeness (QED) is 0.309. The Morgan fingerprint density at radius 1 is 0.972 bits per heavy atom. The molecule has 7 nitrogen and oxygen atoms in total. The number of ether oxygens (including phenoxy) is 3. The van der Waals surface area contributed by atoms with Crippen LogP contribution in [-0.4, -0.2) is 34.1 Å². The largest absolute Gasteiger partial charge is 0.461 e. The molecule has 0 saturated carbocycles. The fraction of sp³-hybridized carbons (Fsp3) is 0.172. The van der Waals surface area contributed by atoms with Gasteiger partial charge in [0.15, 0.2) is 17.2 Å². The summed E-state index contributed by atoms with van der Waals surface area (Å²) in [7, 11) is 0. The second-order valence-corrected chi connectivity index (χ2v) is 8.67. The highest BCUT2D eigenvalue weighted by atomic mass is 16.7. The van der Waals surface area contributed by atoms with Gasteiger partial charge in [-0.1, -0.05) is 54.6 Å². The number of rotatable bonds is 7. The van der Waals surface area contributed by atoms with Crippen LogP contribution >= 0.6 is 0 Å². The van der Waals surface area contributed by atoms with Gasteiger partial charge in [-0.2, -0.15) is 5.10 Å². The Morgan fingerprint density at radius 3 is 2.64 bits per heavy atom. The Morgan fingerprint density at radius 2 is 1.78 bits per heavy atom. The maximum atomic E-state index is 12.6. The summed E-state index contributed by atoms with van der Waals surface area (Å²) in [6, 6.07) is 26.1.